The second-order valence-corrected chi connectivity index (χ2v) is 5.20. The summed E-state index contributed by atoms with van der Waals surface area (Å²) in [6.07, 6.45) is 0. The number of hydrogen-bond acceptors (Lipinski definition) is 3. The van der Waals surface area contributed by atoms with Gasteiger partial charge in [-0.15, -0.1) is 11.3 Å². The maximum absolute atomic E-state index is 9.29. The number of benzene rings is 2. The third-order valence-electron chi connectivity index (χ3n) is 2.95. The average Bonchev–Trinajstić information content (AvgIpc) is 2.90. The molecule has 0 radical (unpaired) electrons. The summed E-state index contributed by atoms with van der Waals surface area (Å²) in [6.45, 7) is 0. The van der Waals surface area contributed by atoms with Crippen molar-refractivity contribution in [3.05, 3.63) is 60.0 Å². The van der Waals surface area contributed by atoms with E-state index in [1.807, 2.05) is 24.3 Å². The van der Waals surface area contributed by atoms with Crippen LogP contribution in [0.5, 0.6) is 11.5 Å². The molecule has 0 bridgehead atoms. The fraction of sp³-hybridized carbons (Fsp3) is 0. The van der Waals surface area contributed by atoms with Gasteiger partial charge in [0.05, 0.1) is 0 Å². The number of rotatable bonds is 2. The average molecular weight is 268 g/mol. The summed E-state index contributed by atoms with van der Waals surface area (Å²) >= 11 is 1.66. The number of aromatic hydroxyl groups is 2. The van der Waals surface area contributed by atoms with E-state index in [0.717, 1.165) is 21.6 Å². The van der Waals surface area contributed by atoms with Crippen LogP contribution in [0.1, 0.15) is 0 Å². The van der Waals surface area contributed by atoms with E-state index in [1.165, 1.54) is 0 Å². The van der Waals surface area contributed by atoms with E-state index < -0.39 is 0 Å². The van der Waals surface area contributed by atoms with Gasteiger partial charge in [-0.25, -0.2) is 0 Å². The number of thiophene rings is 1. The molecule has 0 atom stereocenters. The molecular formula is C16H12O2S. The van der Waals surface area contributed by atoms with Gasteiger partial charge in [0, 0.05) is 4.88 Å². The molecule has 0 fully saturated rings. The van der Waals surface area contributed by atoms with E-state index in [4.69, 9.17) is 0 Å². The van der Waals surface area contributed by atoms with Gasteiger partial charge in [0.2, 0.25) is 0 Å². The van der Waals surface area contributed by atoms with Crippen molar-refractivity contribution in [3.63, 3.8) is 0 Å². The van der Waals surface area contributed by atoms with Crippen molar-refractivity contribution in [2.45, 2.75) is 0 Å². The molecular weight excluding hydrogens is 256 g/mol. The predicted octanol–water partition coefficient (Wildman–Crippen LogP) is 4.49. The van der Waals surface area contributed by atoms with Crippen LogP contribution in [0.2, 0.25) is 0 Å². The topological polar surface area (TPSA) is 40.5 Å². The molecule has 0 saturated carbocycles. The van der Waals surface area contributed by atoms with E-state index in [1.54, 1.807) is 35.6 Å². The minimum Gasteiger partial charge on any atom is -0.508 e. The molecule has 3 aromatic rings. The molecule has 0 unspecified atom stereocenters. The second-order valence-electron chi connectivity index (χ2n) is 4.29. The van der Waals surface area contributed by atoms with Crippen LogP contribution in [0.25, 0.3) is 21.6 Å². The molecule has 1 aromatic heterocycles. The fourth-order valence-corrected chi connectivity index (χ4v) is 2.84. The molecule has 0 aliphatic heterocycles. The quantitative estimate of drug-likeness (QED) is 0.718. The van der Waals surface area contributed by atoms with Crippen LogP contribution in [0.4, 0.5) is 0 Å². The Labute approximate surface area is 115 Å². The van der Waals surface area contributed by atoms with E-state index in [9.17, 15) is 10.2 Å². The molecule has 0 aliphatic carbocycles. The van der Waals surface area contributed by atoms with Gasteiger partial charge in [-0.1, -0.05) is 12.1 Å². The highest BCUT2D eigenvalue weighted by molar-refractivity contribution is 7.14. The van der Waals surface area contributed by atoms with Gasteiger partial charge < -0.3 is 10.2 Å². The monoisotopic (exact) mass is 268 g/mol. The van der Waals surface area contributed by atoms with Gasteiger partial charge >= 0.3 is 0 Å². The summed E-state index contributed by atoms with van der Waals surface area (Å²) in [4.78, 5) is 1.16. The van der Waals surface area contributed by atoms with Crippen LogP contribution in [-0.4, -0.2) is 10.2 Å². The Balaban J connectivity index is 1.95. The third kappa shape index (κ3) is 2.46. The standard InChI is InChI=1S/C16H12O2S/c17-14-5-1-11(2-6-14)13-9-16(19-10-13)12-3-7-15(18)8-4-12/h1-10,17-18H. The minimum absolute atomic E-state index is 0.276. The molecule has 0 spiro atoms. The van der Waals surface area contributed by atoms with Crippen molar-refractivity contribution in [2.24, 2.45) is 0 Å². The molecule has 0 amide bonds. The molecule has 1 heterocycles. The summed E-state index contributed by atoms with van der Waals surface area (Å²) in [5.74, 6) is 0.553. The smallest absolute Gasteiger partial charge is 0.115 e. The lowest BCUT2D eigenvalue weighted by Crippen LogP contribution is -1.73. The van der Waals surface area contributed by atoms with Crippen molar-refractivity contribution in [3.8, 4) is 33.1 Å². The highest BCUT2D eigenvalue weighted by Gasteiger charge is 2.05. The molecule has 3 rings (SSSR count). The highest BCUT2D eigenvalue weighted by Crippen LogP contribution is 2.33. The lowest BCUT2D eigenvalue weighted by Gasteiger charge is -1.98. The number of phenols is 2. The first-order chi connectivity index (χ1) is 9.22. The maximum Gasteiger partial charge on any atom is 0.115 e. The van der Waals surface area contributed by atoms with Crippen molar-refractivity contribution in [2.75, 3.05) is 0 Å². The molecule has 94 valence electrons. The van der Waals surface area contributed by atoms with Gasteiger partial charge in [-0.3, -0.25) is 0 Å². The summed E-state index contributed by atoms with van der Waals surface area (Å²) < 4.78 is 0. The zero-order valence-corrected chi connectivity index (χ0v) is 10.9. The van der Waals surface area contributed by atoms with E-state index in [-0.39, 0.29) is 11.5 Å². The Hall–Kier alpha value is -2.26. The Morgan fingerprint density at radius 3 is 1.74 bits per heavy atom. The van der Waals surface area contributed by atoms with E-state index >= 15 is 0 Å². The van der Waals surface area contributed by atoms with Gasteiger partial charge in [-0.05, 0) is 64.5 Å². The third-order valence-corrected chi connectivity index (χ3v) is 3.93. The van der Waals surface area contributed by atoms with Crippen molar-refractivity contribution < 1.29 is 10.2 Å². The van der Waals surface area contributed by atoms with Crippen LogP contribution >= 0.6 is 11.3 Å². The molecule has 3 heteroatoms. The first kappa shape index (κ1) is 11.8. The van der Waals surface area contributed by atoms with Gasteiger partial charge in [-0.2, -0.15) is 0 Å². The largest absolute Gasteiger partial charge is 0.508 e. The van der Waals surface area contributed by atoms with Gasteiger partial charge in [0.25, 0.3) is 0 Å². The highest BCUT2D eigenvalue weighted by atomic mass is 32.1. The zero-order valence-electron chi connectivity index (χ0n) is 10.1. The van der Waals surface area contributed by atoms with E-state index in [2.05, 4.69) is 11.4 Å². The summed E-state index contributed by atoms with van der Waals surface area (Å²) in [7, 11) is 0. The molecule has 2 N–H and O–H groups in total. The summed E-state index contributed by atoms with van der Waals surface area (Å²) in [5.41, 5.74) is 3.31. The van der Waals surface area contributed by atoms with Crippen LogP contribution in [0.3, 0.4) is 0 Å². The van der Waals surface area contributed by atoms with E-state index in [0.29, 0.717) is 0 Å². The Kier molecular flexibility index (Phi) is 2.97. The summed E-state index contributed by atoms with van der Waals surface area (Å²) in [6, 6.07) is 16.5. The maximum atomic E-state index is 9.29. The second kappa shape index (κ2) is 4.78. The minimum atomic E-state index is 0.276. The van der Waals surface area contributed by atoms with Crippen LogP contribution in [0, 0.1) is 0 Å². The number of phenolic OH excluding ortho intramolecular Hbond substituents is 2. The molecule has 19 heavy (non-hydrogen) atoms. The molecule has 2 aromatic carbocycles. The summed E-state index contributed by atoms with van der Waals surface area (Å²) in [5, 5.41) is 20.7. The van der Waals surface area contributed by atoms with Crippen LogP contribution in [0.15, 0.2) is 60.0 Å². The zero-order chi connectivity index (χ0) is 13.2. The first-order valence-electron chi connectivity index (χ1n) is 5.90. The Bertz CT molecular complexity index is 622. The molecule has 0 saturated heterocycles. The Morgan fingerprint density at radius 2 is 1.16 bits per heavy atom. The van der Waals surface area contributed by atoms with Crippen LogP contribution in [-0.2, 0) is 0 Å². The first-order valence-corrected chi connectivity index (χ1v) is 6.78. The lowest BCUT2D eigenvalue weighted by molar-refractivity contribution is 0.475. The van der Waals surface area contributed by atoms with Crippen molar-refractivity contribution in [1.29, 1.82) is 0 Å². The lowest BCUT2D eigenvalue weighted by atomic mass is 10.1. The van der Waals surface area contributed by atoms with Gasteiger partial charge in [0.15, 0.2) is 0 Å². The number of hydrogen-bond donors (Lipinski definition) is 2. The predicted molar refractivity (Wildman–Crippen MR) is 78.5 cm³/mol. The van der Waals surface area contributed by atoms with Crippen LogP contribution < -0.4 is 0 Å². The molecule has 0 aliphatic rings. The normalized spacial score (nSPS) is 10.5. The Morgan fingerprint density at radius 1 is 0.632 bits per heavy atom. The fourth-order valence-electron chi connectivity index (χ4n) is 1.92. The van der Waals surface area contributed by atoms with Crippen molar-refractivity contribution in [1.82, 2.24) is 0 Å². The van der Waals surface area contributed by atoms with Crippen molar-refractivity contribution >= 4 is 11.3 Å². The van der Waals surface area contributed by atoms with Gasteiger partial charge in [0.1, 0.15) is 11.5 Å². The SMILES string of the molecule is Oc1ccc(-c2csc(-c3ccc(O)cc3)c2)cc1. The molecule has 2 nitrogen and oxygen atoms in total.